The van der Waals surface area contributed by atoms with Crippen molar-refractivity contribution in [3.8, 4) is 0 Å². The fourth-order valence-electron chi connectivity index (χ4n) is 4.24. The van der Waals surface area contributed by atoms with E-state index in [1.54, 1.807) is 0 Å². The van der Waals surface area contributed by atoms with Gasteiger partial charge in [-0.25, -0.2) is 4.99 Å². The molecule has 5 nitrogen and oxygen atoms in total. The first-order chi connectivity index (χ1) is 14.5. The number of piperazine rings is 1. The van der Waals surface area contributed by atoms with Crippen LogP contribution < -0.4 is 0 Å². The van der Waals surface area contributed by atoms with Crippen molar-refractivity contribution in [2.24, 2.45) is 4.99 Å². The molecule has 1 fully saturated rings. The van der Waals surface area contributed by atoms with Gasteiger partial charge in [-0.15, -0.1) is 0 Å². The average molecular weight is 426 g/mol. The van der Waals surface area contributed by atoms with Crippen molar-refractivity contribution in [1.82, 2.24) is 9.80 Å². The molecular weight excluding hydrogens is 394 g/mol. The van der Waals surface area contributed by atoms with Gasteiger partial charge in [-0.05, 0) is 44.5 Å². The topological polar surface area (TPSA) is 48.3 Å². The maximum atomic E-state index is 8.90. The molecule has 2 heterocycles. The van der Waals surface area contributed by atoms with Crippen molar-refractivity contribution < 1.29 is 9.84 Å². The van der Waals surface area contributed by atoms with Gasteiger partial charge in [0.05, 0.1) is 25.5 Å². The summed E-state index contributed by atoms with van der Waals surface area (Å²) in [5.74, 6) is 1.07. The third-order valence-corrected chi connectivity index (χ3v) is 6.85. The molecule has 4 rings (SSSR count). The highest BCUT2D eigenvalue weighted by atomic mass is 32.2. The Hall–Kier alpha value is -1.86. The lowest BCUT2D eigenvalue weighted by Gasteiger charge is -2.48. The van der Waals surface area contributed by atoms with Crippen LogP contribution in [0.5, 0.6) is 0 Å². The summed E-state index contributed by atoms with van der Waals surface area (Å²) in [5, 5.41) is 8.90. The molecule has 0 spiro atoms. The van der Waals surface area contributed by atoms with Crippen LogP contribution >= 0.6 is 11.8 Å². The predicted molar refractivity (Wildman–Crippen MR) is 123 cm³/mol. The lowest BCUT2D eigenvalue weighted by molar-refractivity contribution is 0.0340. The molecule has 0 aromatic heterocycles. The first-order valence-electron chi connectivity index (χ1n) is 10.6. The van der Waals surface area contributed by atoms with Gasteiger partial charge < -0.3 is 14.7 Å². The number of aliphatic imine (C=N–C) groups is 1. The average Bonchev–Trinajstić information content (AvgIpc) is 2.87. The standard InChI is InChI=1S/C24H31N3O2S/c1-18-8-9-22-20(16-18)25-23(19-6-4-5-7-21(19)30-22)27-11-10-26(17-24(27,2)3)12-14-29-15-13-28/h4-9,16,28H,10-15,17H2,1-3H3. The van der Waals surface area contributed by atoms with E-state index in [1.807, 2.05) is 11.8 Å². The Morgan fingerprint density at radius 2 is 1.93 bits per heavy atom. The van der Waals surface area contributed by atoms with Crippen molar-refractivity contribution >= 4 is 23.3 Å². The molecule has 0 radical (unpaired) electrons. The van der Waals surface area contributed by atoms with Gasteiger partial charge in [0.25, 0.3) is 0 Å². The highest BCUT2D eigenvalue weighted by Gasteiger charge is 2.37. The monoisotopic (exact) mass is 425 g/mol. The largest absolute Gasteiger partial charge is 0.394 e. The molecule has 30 heavy (non-hydrogen) atoms. The molecule has 1 saturated heterocycles. The van der Waals surface area contributed by atoms with E-state index >= 15 is 0 Å². The number of aliphatic hydroxyl groups excluding tert-OH is 1. The second kappa shape index (κ2) is 9.10. The number of fused-ring (bicyclic) bond motifs is 2. The number of benzene rings is 2. The van der Waals surface area contributed by atoms with E-state index in [-0.39, 0.29) is 12.1 Å². The second-order valence-corrected chi connectivity index (χ2v) is 9.66. The Morgan fingerprint density at radius 3 is 2.73 bits per heavy atom. The van der Waals surface area contributed by atoms with Crippen LogP contribution in [0.4, 0.5) is 5.69 Å². The molecule has 0 amide bonds. The molecule has 0 unspecified atom stereocenters. The number of nitrogens with zero attached hydrogens (tertiary/aromatic N) is 3. The van der Waals surface area contributed by atoms with Crippen LogP contribution in [0, 0.1) is 6.92 Å². The summed E-state index contributed by atoms with van der Waals surface area (Å²) >= 11 is 1.81. The Bertz CT molecular complexity index is 928. The fraction of sp³-hybridized carbons (Fsp3) is 0.458. The second-order valence-electron chi connectivity index (χ2n) is 8.58. The minimum Gasteiger partial charge on any atom is -0.394 e. The molecule has 2 aromatic carbocycles. The van der Waals surface area contributed by atoms with Crippen molar-refractivity contribution in [3.05, 3.63) is 53.6 Å². The number of hydrogen-bond acceptors (Lipinski definition) is 6. The highest BCUT2D eigenvalue weighted by molar-refractivity contribution is 7.99. The molecule has 160 valence electrons. The van der Waals surface area contributed by atoms with Crippen LogP contribution in [0.15, 0.2) is 57.2 Å². The Kier molecular flexibility index (Phi) is 6.48. The lowest BCUT2D eigenvalue weighted by atomic mass is 9.97. The summed E-state index contributed by atoms with van der Waals surface area (Å²) in [6, 6.07) is 15.2. The number of amidine groups is 1. The van der Waals surface area contributed by atoms with Crippen molar-refractivity contribution in [1.29, 1.82) is 0 Å². The summed E-state index contributed by atoms with van der Waals surface area (Å²) in [5.41, 5.74) is 3.45. The van der Waals surface area contributed by atoms with Crippen LogP contribution in [-0.2, 0) is 4.74 Å². The van der Waals surface area contributed by atoms with E-state index in [2.05, 4.69) is 73.0 Å². The van der Waals surface area contributed by atoms with Gasteiger partial charge in [-0.3, -0.25) is 4.90 Å². The zero-order valence-electron chi connectivity index (χ0n) is 18.1. The summed E-state index contributed by atoms with van der Waals surface area (Å²) < 4.78 is 5.48. The molecule has 6 heteroatoms. The molecule has 2 aliphatic rings. The van der Waals surface area contributed by atoms with Crippen LogP contribution in [0.1, 0.15) is 25.0 Å². The highest BCUT2D eigenvalue weighted by Crippen LogP contribution is 2.42. The van der Waals surface area contributed by atoms with Gasteiger partial charge in [0.1, 0.15) is 5.84 Å². The summed E-state index contributed by atoms with van der Waals surface area (Å²) in [6.07, 6.45) is 0. The summed E-state index contributed by atoms with van der Waals surface area (Å²) in [4.78, 5) is 12.6. The van der Waals surface area contributed by atoms with E-state index in [9.17, 15) is 0 Å². The molecule has 0 bridgehead atoms. The maximum absolute atomic E-state index is 8.90. The SMILES string of the molecule is Cc1ccc2c(c1)N=C(N1CCN(CCOCCO)CC1(C)C)c1ccccc1S2. The molecule has 1 N–H and O–H groups in total. The molecule has 0 aliphatic carbocycles. The predicted octanol–water partition coefficient (Wildman–Crippen LogP) is 3.94. The first-order valence-corrected chi connectivity index (χ1v) is 11.4. The van der Waals surface area contributed by atoms with Crippen LogP contribution in [0.2, 0.25) is 0 Å². The minimum absolute atomic E-state index is 0.0554. The van der Waals surface area contributed by atoms with Crippen molar-refractivity contribution in [2.45, 2.75) is 36.1 Å². The number of ether oxygens (including phenoxy) is 1. The zero-order valence-corrected chi connectivity index (χ0v) is 18.9. The van der Waals surface area contributed by atoms with Crippen LogP contribution in [0.3, 0.4) is 0 Å². The molecule has 0 saturated carbocycles. The van der Waals surface area contributed by atoms with E-state index in [1.165, 1.54) is 20.9 Å². The molecule has 0 atom stereocenters. The van der Waals surface area contributed by atoms with E-state index in [4.69, 9.17) is 14.8 Å². The van der Waals surface area contributed by atoms with E-state index in [0.717, 1.165) is 37.7 Å². The van der Waals surface area contributed by atoms with E-state index in [0.29, 0.717) is 13.2 Å². The zero-order chi connectivity index (χ0) is 21.1. The Balaban J connectivity index is 1.63. The number of aryl methyl sites for hydroxylation is 1. The van der Waals surface area contributed by atoms with E-state index < -0.39 is 0 Å². The summed E-state index contributed by atoms with van der Waals surface area (Å²) in [6.45, 7) is 11.6. The molecule has 2 aromatic rings. The smallest absolute Gasteiger partial charge is 0.138 e. The van der Waals surface area contributed by atoms with Crippen LogP contribution in [0.25, 0.3) is 0 Å². The van der Waals surface area contributed by atoms with Gasteiger partial charge in [0, 0.05) is 47.1 Å². The minimum atomic E-state index is -0.0554. The normalized spacial score (nSPS) is 18.4. The van der Waals surface area contributed by atoms with Crippen molar-refractivity contribution in [2.75, 3.05) is 46.0 Å². The number of rotatable bonds is 5. The third kappa shape index (κ3) is 4.57. The van der Waals surface area contributed by atoms with Gasteiger partial charge in [0.15, 0.2) is 0 Å². The van der Waals surface area contributed by atoms with Gasteiger partial charge in [0.2, 0.25) is 0 Å². The van der Waals surface area contributed by atoms with Crippen molar-refractivity contribution in [3.63, 3.8) is 0 Å². The van der Waals surface area contributed by atoms with Crippen LogP contribution in [-0.4, -0.2) is 72.3 Å². The molecular formula is C24H31N3O2S. The maximum Gasteiger partial charge on any atom is 0.138 e. The quantitative estimate of drug-likeness (QED) is 0.736. The Labute approximate surface area is 183 Å². The van der Waals surface area contributed by atoms with Gasteiger partial charge >= 0.3 is 0 Å². The Morgan fingerprint density at radius 1 is 1.10 bits per heavy atom. The number of aliphatic hydroxyl groups is 1. The summed E-state index contributed by atoms with van der Waals surface area (Å²) in [7, 11) is 0. The van der Waals surface area contributed by atoms with Gasteiger partial charge in [-0.1, -0.05) is 36.0 Å². The molecule has 2 aliphatic heterocycles. The first kappa shape index (κ1) is 21.4. The fourth-order valence-corrected chi connectivity index (χ4v) is 5.24. The third-order valence-electron chi connectivity index (χ3n) is 5.71. The lowest BCUT2D eigenvalue weighted by Crippen LogP contribution is -2.61. The number of hydrogen-bond donors (Lipinski definition) is 1. The van der Waals surface area contributed by atoms with Gasteiger partial charge in [-0.2, -0.15) is 0 Å².